The van der Waals surface area contributed by atoms with Crippen molar-refractivity contribution in [1.82, 2.24) is 19.5 Å². The van der Waals surface area contributed by atoms with Gasteiger partial charge in [0.2, 0.25) is 0 Å². The SMILES string of the molecule is Cc1c(CN2CCC(Oc3ccc(F)cc3)CC2)oc2nc(-c3ccccc3Cl)nn12. The van der Waals surface area contributed by atoms with Gasteiger partial charge in [0.1, 0.15) is 23.4 Å². The lowest BCUT2D eigenvalue weighted by atomic mass is 10.1. The molecule has 0 spiro atoms. The second-order valence-corrected chi connectivity index (χ2v) is 8.17. The number of fused-ring (bicyclic) bond motifs is 1. The standard InChI is InChI=1S/C23H22ClFN4O2/c1-15-21(31-23-26-22(27-29(15)23)19-4-2-3-5-20(19)24)14-28-12-10-18(11-13-28)30-17-8-6-16(25)7-9-17/h2-9,18H,10-14H2,1H3. The number of hydrogen-bond donors (Lipinski definition) is 0. The number of benzene rings is 2. The number of piperidine rings is 1. The van der Waals surface area contributed by atoms with Crippen LogP contribution in [-0.2, 0) is 6.54 Å². The maximum atomic E-state index is 13.0. The van der Waals surface area contributed by atoms with E-state index < -0.39 is 0 Å². The molecule has 2 aromatic heterocycles. The molecule has 0 saturated carbocycles. The second-order valence-electron chi connectivity index (χ2n) is 7.77. The van der Waals surface area contributed by atoms with E-state index in [9.17, 15) is 4.39 Å². The summed E-state index contributed by atoms with van der Waals surface area (Å²) in [5.74, 6) is 2.34. The van der Waals surface area contributed by atoms with Crippen LogP contribution in [0.15, 0.2) is 52.9 Å². The van der Waals surface area contributed by atoms with Crippen molar-refractivity contribution >= 4 is 17.4 Å². The van der Waals surface area contributed by atoms with E-state index in [0.29, 0.717) is 29.0 Å². The summed E-state index contributed by atoms with van der Waals surface area (Å²) in [4.78, 5) is 6.86. The number of likely N-dealkylation sites (tertiary alicyclic amines) is 1. The highest BCUT2D eigenvalue weighted by Gasteiger charge is 2.24. The molecule has 31 heavy (non-hydrogen) atoms. The molecule has 3 heterocycles. The lowest BCUT2D eigenvalue weighted by Gasteiger charge is -2.31. The van der Waals surface area contributed by atoms with Crippen molar-refractivity contribution in [2.45, 2.75) is 32.4 Å². The monoisotopic (exact) mass is 440 g/mol. The molecule has 1 aliphatic heterocycles. The fourth-order valence-electron chi connectivity index (χ4n) is 3.88. The molecular formula is C23H22ClFN4O2. The van der Waals surface area contributed by atoms with Crippen LogP contribution in [-0.4, -0.2) is 38.7 Å². The summed E-state index contributed by atoms with van der Waals surface area (Å²) < 4.78 is 26.8. The average Bonchev–Trinajstić information content (AvgIpc) is 3.31. The Morgan fingerprint density at radius 1 is 1.13 bits per heavy atom. The van der Waals surface area contributed by atoms with E-state index >= 15 is 0 Å². The van der Waals surface area contributed by atoms with Crippen LogP contribution in [0.2, 0.25) is 5.02 Å². The molecule has 4 aromatic rings. The summed E-state index contributed by atoms with van der Waals surface area (Å²) >= 11 is 6.27. The van der Waals surface area contributed by atoms with Gasteiger partial charge in [0.15, 0.2) is 5.82 Å². The van der Waals surface area contributed by atoms with Gasteiger partial charge in [0.25, 0.3) is 0 Å². The summed E-state index contributed by atoms with van der Waals surface area (Å²) in [5, 5.41) is 5.19. The fourth-order valence-corrected chi connectivity index (χ4v) is 4.10. The number of oxazole rings is 1. The van der Waals surface area contributed by atoms with Crippen molar-refractivity contribution in [2.24, 2.45) is 0 Å². The van der Waals surface area contributed by atoms with Gasteiger partial charge in [0.05, 0.1) is 17.3 Å². The van der Waals surface area contributed by atoms with Gasteiger partial charge in [-0.3, -0.25) is 4.90 Å². The van der Waals surface area contributed by atoms with Crippen molar-refractivity contribution in [3.05, 3.63) is 70.8 Å². The van der Waals surface area contributed by atoms with E-state index in [1.807, 2.05) is 31.2 Å². The molecule has 1 fully saturated rings. The van der Waals surface area contributed by atoms with Crippen molar-refractivity contribution in [3.63, 3.8) is 0 Å². The molecule has 0 unspecified atom stereocenters. The predicted octanol–water partition coefficient (Wildman–Crippen LogP) is 5.13. The lowest BCUT2D eigenvalue weighted by molar-refractivity contribution is 0.0929. The van der Waals surface area contributed by atoms with E-state index in [-0.39, 0.29) is 11.9 Å². The number of ether oxygens (including phenoxy) is 1. The fraction of sp³-hybridized carbons (Fsp3) is 0.304. The van der Waals surface area contributed by atoms with Crippen molar-refractivity contribution in [1.29, 1.82) is 0 Å². The van der Waals surface area contributed by atoms with Gasteiger partial charge in [0, 0.05) is 18.7 Å². The maximum Gasteiger partial charge on any atom is 0.325 e. The zero-order valence-electron chi connectivity index (χ0n) is 17.1. The summed E-state index contributed by atoms with van der Waals surface area (Å²) in [7, 11) is 0. The minimum atomic E-state index is -0.254. The number of rotatable bonds is 5. The molecule has 0 aliphatic carbocycles. The van der Waals surface area contributed by atoms with Crippen LogP contribution in [0.25, 0.3) is 17.2 Å². The van der Waals surface area contributed by atoms with Crippen molar-refractivity contribution in [2.75, 3.05) is 13.1 Å². The Labute approximate surface area is 184 Å². The van der Waals surface area contributed by atoms with Gasteiger partial charge >= 0.3 is 5.84 Å². The first-order valence-electron chi connectivity index (χ1n) is 10.3. The minimum Gasteiger partial charge on any atom is -0.490 e. The maximum absolute atomic E-state index is 13.0. The van der Waals surface area contributed by atoms with Crippen LogP contribution in [0, 0.1) is 12.7 Å². The van der Waals surface area contributed by atoms with Gasteiger partial charge in [-0.1, -0.05) is 23.7 Å². The molecule has 0 atom stereocenters. The Morgan fingerprint density at radius 2 is 1.87 bits per heavy atom. The third kappa shape index (κ3) is 4.16. The van der Waals surface area contributed by atoms with Crippen LogP contribution >= 0.6 is 11.6 Å². The number of hydrogen-bond acceptors (Lipinski definition) is 5. The van der Waals surface area contributed by atoms with E-state index in [2.05, 4.69) is 15.0 Å². The molecule has 6 nitrogen and oxygen atoms in total. The van der Waals surface area contributed by atoms with E-state index in [4.69, 9.17) is 20.8 Å². The van der Waals surface area contributed by atoms with Gasteiger partial charge < -0.3 is 9.15 Å². The summed E-state index contributed by atoms with van der Waals surface area (Å²) in [6.45, 7) is 4.47. The van der Waals surface area contributed by atoms with Crippen LogP contribution in [0.3, 0.4) is 0 Å². The summed E-state index contributed by atoms with van der Waals surface area (Å²) in [6.07, 6.45) is 1.95. The molecule has 8 heteroatoms. The number of nitrogens with zero attached hydrogens (tertiary/aromatic N) is 4. The number of aromatic nitrogens is 3. The zero-order chi connectivity index (χ0) is 21.4. The smallest absolute Gasteiger partial charge is 0.325 e. The molecule has 0 amide bonds. The first kappa shape index (κ1) is 20.0. The lowest BCUT2D eigenvalue weighted by Crippen LogP contribution is -2.37. The highest BCUT2D eigenvalue weighted by molar-refractivity contribution is 6.33. The number of halogens is 2. The second kappa shape index (κ2) is 8.32. The molecule has 0 N–H and O–H groups in total. The third-order valence-electron chi connectivity index (χ3n) is 5.65. The zero-order valence-corrected chi connectivity index (χ0v) is 17.8. The Kier molecular flexibility index (Phi) is 5.38. The quantitative estimate of drug-likeness (QED) is 0.430. The summed E-state index contributed by atoms with van der Waals surface area (Å²) in [6, 6.07) is 13.7. The molecule has 2 aromatic carbocycles. The van der Waals surface area contributed by atoms with Crippen molar-refractivity contribution in [3.8, 4) is 17.1 Å². The molecule has 1 saturated heterocycles. The van der Waals surface area contributed by atoms with Crippen LogP contribution in [0.5, 0.6) is 5.75 Å². The Morgan fingerprint density at radius 3 is 2.58 bits per heavy atom. The average molecular weight is 441 g/mol. The first-order chi connectivity index (χ1) is 15.1. The van der Waals surface area contributed by atoms with Gasteiger partial charge in [-0.15, -0.1) is 5.10 Å². The van der Waals surface area contributed by atoms with E-state index in [1.54, 1.807) is 16.6 Å². The minimum absolute atomic E-state index is 0.136. The molecule has 0 radical (unpaired) electrons. The van der Waals surface area contributed by atoms with Gasteiger partial charge in [-0.25, -0.2) is 4.39 Å². The van der Waals surface area contributed by atoms with Crippen LogP contribution in [0.1, 0.15) is 24.3 Å². The Bertz CT molecular complexity index is 1200. The topological polar surface area (TPSA) is 55.8 Å². The molecule has 160 valence electrons. The highest BCUT2D eigenvalue weighted by atomic mass is 35.5. The van der Waals surface area contributed by atoms with Crippen LogP contribution in [0.4, 0.5) is 4.39 Å². The van der Waals surface area contributed by atoms with Crippen molar-refractivity contribution < 1.29 is 13.5 Å². The molecule has 0 bridgehead atoms. The highest BCUT2D eigenvalue weighted by Crippen LogP contribution is 2.27. The largest absolute Gasteiger partial charge is 0.490 e. The van der Waals surface area contributed by atoms with E-state index in [1.165, 1.54) is 12.1 Å². The Balaban J connectivity index is 1.23. The van der Waals surface area contributed by atoms with Crippen LogP contribution < -0.4 is 4.74 Å². The molecule has 5 rings (SSSR count). The van der Waals surface area contributed by atoms with Gasteiger partial charge in [-0.2, -0.15) is 9.50 Å². The third-order valence-corrected chi connectivity index (χ3v) is 5.98. The molecule has 1 aliphatic rings. The summed E-state index contributed by atoms with van der Waals surface area (Å²) in [5.41, 5.74) is 1.72. The predicted molar refractivity (Wildman–Crippen MR) is 116 cm³/mol. The van der Waals surface area contributed by atoms with Gasteiger partial charge in [-0.05, 0) is 56.2 Å². The Hall–Kier alpha value is -2.90. The van der Waals surface area contributed by atoms with E-state index in [0.717, 1.165) is 42.9 Å². The number of aryl methyl sites for hydroxylation is 1. The molecular weight excluding hydrogens is 419 g/mol. The first-order valence-corrected chi connectivity index (χ1v) is 10.7. The normalized spacial score (nSPS) is 15.6.